The highest BCUT2D eigenvalue weighted by molar-refractivity contribution is 8.22. The van der Waals surface area contributed by atoms with Crippen molar-refractivity contribution in [1.29, 1.82) is 0 Å². The van der Waals surface area contributed by atoms with Crippen molar-refractivity contribution >= 4 is 34.1 Å². The van der Waals surface area contributed by atoms with Crippen molar-refractivity contribution in [1.82, 2.24) is 9.88 Å². The zero-order valence-electron chi connectivity index (χ0n) is 13.6. The second kappa shape index (κ2) is 7.93. The fraction of sp³-hybridized carbons (Fsp3) is 0.278. The predicted molar refractivity (Wildman–Crippen MR) is 100 cm³/mol. The number of rotatable bonds is 5. The molecule has 130 valence electrons. The van der Waals surface area contributed by atoms with Crippen LogP contribution < -0.4 is 4.74 Å². The molecule has 0 saturated carbocycles. The Bertz CT molecular complexity index is 766. The Hall–Kier alpha value is -1.99. The van der Waals surface area contributed by atoms with Gasteiger partial charge in [-0.3, -0.25) is 4.79 Å². The van der Waals surface area contributed by atoms with Gasteiger partial charge in [0.25, 0.3) is 0 Å². The van der Waals surface area contributed by atoms with Crippen LogP contribution >= 0.6 is 24.0 Å². The van der Waals surface area contributed by atoms with E-state index in [0.29, 0.717) is 31.1 Å². The van der Waals surface area contributed by atoms with E-state index >= 15 is 0 Å². The van der Waals surface area contributed by atoms with Crippen LogP contribution in [0.2, 0.25) is 0 Å². The van der Waals surface area contributed by atoms with Crippen LogP contribution in [-0.4, -0.2) is 32.8 Å². The summed E-state index contributed by atoms with van der Waals surface area (Å²) in [5, 5.41) is 0. The van der Waals surface area contributed by atoms with Gasteiger partial charge in [-0.2, -0.15) is 0 Å². The van der Waals surface area contributed by atoms with Crippen molar-refractivity contribution in [2.24, 2.45) is 5.92 Å². The maximum absolute atomic E-state index is 12.9. The number of halogens is 1. The van der Waals surface area contributed by atoms with Crippen LogP contribution in [0, 0.1) is 11.7 Å². The van der Waals surface area contributed by atoms with Gasteiger partial charge in [-0.25, -0.2) is 9.37 Å². The van der Waals surface area contributed by atoms with Gasteiger partial charge in [0.15, 0.2) is 0 Å². The van der Waals surface area contributed by atoms with Gasteiger partial charge in [0.05, 0.1) is 4.20 Å². The van der Waals surface area contributed by atoms with E-state index in [-0.39, 0.29) is 17.6 Å². The Morgan fingerprint density at radius 1 is 1.36 bits per heavy atom. The van der Waals surface area contributed by atoms with E-state index in [1.165, 1.54) is 23.9 Å². The molecule has 0 aliphatic carbocycles. The molecule has 0 bridgehead atoms. The number of carbonyl (C=O) groups excluding carboxylic acids is 1. The maximum Gasteiger partial charge on any atom is 0.223 e. The molecular weight excluding hydrogens is 359 g/mol. The largest absolute Gasteiger partial charge is 0.439 e. The van der Waals surface area contributed by atoms with E-state index in [2.05, 4.69) is 4.98 Å². The summed E-state index contributed by atoms with van der Waals surface area (Å²) in [7, 11) is 0. The average Bonchev–Trinajstić information content (AvgIpc) is 2.98. The first-order valence-corrected chi connectivity index (χ1v) is 9.42. The van der Waals surface area contributed by atoms with Gasteiger partial charge < -0.3 is 9.64 Å². The van der Waals surface area contributed by atoms with E-state index in [9.17, 15) is 9.18 Å². The zero-order valence-corrected chi connectivity index (χ0v) is 15.3. The molecule has 1 amide bonds. The third kappa shape index (κ3) is 4.55. The van der Waals surface area contributed by atoms with Crippen LogP contribution in [0.3, 0.4) is 0 Å². The molecule has 1 saturated heterocycles. The van der Waals surface area contributed by atoms with Gasteiger partial charge in [-0.1, -0.05) is 18.3 Å². The summed E-state index contributed by atoms with van der Waals surface area (Å²) in [6, 6.07) is 9.37. The van der Waals surface area contributed by atoms with Gasteiger partial charge in [-0.15, -0.1) is 11.8 Å². The van der Waals surface area contributed by atoms with E-state index < -0.39 is 0 Å². The molecular formula is C18H17FN2O2S2. The molecule has 1 aromatic carbocycles. The molecule has 2 aromatic rings. The van der Waals surface area contributed by atoms with E-state index in [0.717, 1.165) is 9.76 Å². The highest BCUT2D eigenvalue weighted by atomic mass is 32.2. The number of pyridine rings is 1. The zero-order chi connectivity index (χ0) is 17.8. The number of nitrogens with zero attached hydrogens (tertiary/aromatic N) is 2. The third-order valence-corrected chi connectivity index (χ3v) is 5.53. The summed E-state index contributed by atoms with van der Waals surface area (Å²) in [5.41, 5.74) is 0.926. The lowest BCUT2D eigenvalue weighted by atomic mass is 10.1. The van der Waals surface area contributed by atoms with Gasteiger partial charge in [0.1, 0.15) is 11.6 Å². The smallest absolute Gasteiger partial charge is 0.223 e. The number of hydrogen-bond acceptors (Lipinski definition) is 5. The minimum absolute atomic E-state index is 0.119. The van der Waals surface area contributed by atoms with Gasteiger partial charge in [0, 0.05) is 37.7 Å². The number of aromatic nitrogens is 1. The monoisotopic (exact) mass is 376 g/mol. The van der Waals surface area contributed by atoms with Gasteiger partial charge in [-0.05, 0) is 36.1 Å². The molecule has 1 atom stereocenters. The molecule has 2 heterocycles. The normalized spacial score (nSPS) is 17.0. The summed E-state index contributed by atoms with van der Waals surface area (Å²) in [5.74, 6) is 0.888. The summed E-state index contributed by atoms with van der Waals surface area (Å²) >= 11 is 6.84. The van der Waals surface area contributed by atoms with Gasteiger partial charge in [0.2, 0.25) is 11.8 Å². The van der Waals surface area contributed by atoms with Crippen LogP contribution in [0.5, 0.6) is 11.6 Å². The summed E-state index contributed by atoms with van der Waals surface area (Å²) in [6.45, 7) is 1.17. The fourth-order valence-corrected chi connectivity index (χ4v) is 3.31. The number of thioether (sulfide) groups is 1. The van der Waals surface area contributed by atoms with Crippen LogP contribution in [0.1, 0.15) is 12.0 Å². The quantitative estimate of drug-likeness (QED) is 0.737. The van der Waals surface area contributed by atoms with Crippen LogP contribution in [0.4, 0.5) is 4.39 Å². The highest BCUT2D eigenvalue weighted by Gasteiger charge is 2.31. The molecule has 4 nitrogen and oxygen atoms in total. The minimum atomic E-state index is -0.315. The maximum atomic E-state index is 12.9. The van der Waals surface area contributed by atoms with Gasteiger partial charge >= 0.3 is 0 Å². The predicted octanol–water partition coefficient (Wildman–Crippen LogP) is 4.05. The fourth-order valence-electron chi connectivity index (χ4n) is 2.66. The third-order valence-electron chi connectivity index (χ3n) is 3.96. The van der Waals surface area contributed by atoms with Crippen LogP contribution in [-0.2, 0) is 11.3 Å². The molecule has 1 aliphatic rings. The summed E-state index contributed by atoms with van der Waals surface area (Å²) in [4.78, 5) is 18.2. The molecule has 25 heavy (non-hydrogen) atoms. The first-order valence-electron chi connectivity index (χ1n) is 7.79. The second-order valence-electron chi connectivity index (χ2n) is 5.76. The first kappa shape index (κ1) is 17.8. The molecule has 1 fully saturated rings. The number of thiocarbonyl (C=S) groups is 1. The Morgan fingerprint density at radius 3 is 2.76 bits per heavy atom. The molecule has 0 unspecified atom stereocenters. The van der Waals surface area contributed by atoms with Crippen molar-refractivity contribution in [3.05, 3.63) is 54.0 Å². The Morgan fingerprint density at radius 2 is 2.12 bits per heavy atom. The topological polar surface area (TPSA) is 42.4 Å². The van der Waals surface area contributed by atoms with Crippen LogP contribution in [0.15, 0.2) is 42.6 Å². The molecule has 7 heteroatoms. The lowest BCUT2D eigenvalue weighted by molar-refractivity contribution is -0.128. The number of carbonyl (C=O) groups is 1. The van der Waals surface area contributed by atoms with Crippen LogP contribution in [0.25, 0.3) is 0 Å². The molecule has 0 radical (unpaired) electrons. The summed E-state index contributed by atoms with van der Waals surface area (Å²) < 4.78 is 19.3. The van der Waals surface area contributed by atoms with E-state index in [4.69, 9.17) is 17.0 Å². The Kier molecular flexibility index (Phi) is 5.65. The average molecular weight is 376 g/mol. The molecule has 0 N–H and O–H groups in total. The molecule has 3 rings (SSSR count). The first-order chi connectivity index (χ1) is 12.0. The summed E-state index contributed by atoms with van der Waals surface area (Å²) in [6.07, 6.45) is 4.12. The van der Waals surface area contributed by atoms with E-state index in [1.54, 1.807) is 24.4 Å². The van der Waals surface area contributed by atoms with Crippen molar-refractivity contribution in [2.45, 2.75) is 13.0 Å². The standard InChI is InChI=1S/C18H17FN2O2S2/c1-25-18(24)13-8-17(22)21(11-13)10-12-2-7-16(20-9-12)23-15-5-3-14(19)4-6-15/h2-7,9,13H,8,10-11H2,1H3/t13-/m1/s1. The number of likely N-dealkylation sites (tertiary alicyclic amines) is 1. The molecule has 1 aliphatic heterocycles. The lowest BCUT2D eigenvalue weighted by Crippen LogP contribution is -2.25. The molecule has 0 spiro atoms. The molecule has 1 aromatic heterocycles. The SMILES string of the molecule is CSC(=S)[C@@H]1CC(=O)N(Cc2ccc(Oc3ccc(F)cc3)nc2)C1. The Balaban J connectivity index is 1.60. The second-order valence-corrected chi connectivity index (χ2v) is 7.31. The Labute approximate surface area is 155 Å². The number of amides is 1. The van der Waals surface area contributed by atoms with Crippen molar-refractivity contribution < 1.29 is 13.9 Å². The van der Waals surface area contributed by atoms with E-state index in [1.807, 2.05) is 17.2 Å². The number of hydrogen-bond donors (Lipinski definition) is 0. The number of ether oxygens (including phenoxy) is 1. The lowest BCUT2D eigenvalue weighted by Gasteiger charge is -2.16. The van der Waals surface area contributed by atoms with Crippen molar-refractivity contribution in [3.8, 4) is 11.6 Å². The van der Waals surface area contributed by atoms with Crippen molar-refractivity contribution in [3.63, 3.8) is 0 Å². The number of benzene rings is 1. The minimum Gasteiger partial charge on any atom is -0.439 e. The highest BCUT2D eigenvalue weighted by Crippen LogP contribution is 2.26. The van der Waals surface area contributed by atoms with Crippen molar-refractivity contribution in [2.75, 3.05) is 12.8 Å².